The van der Waals surface area contributed by atoms with E-state index in [4.69, 9.17) is 4.79 Å². The van der Waals surface area contributed by atoms with Gasteiger partial charge in [-0.2, -0.15) is 5.12 Å². The lowest BCUT2D eigenvalue weighted by molar-refractivity contribution is -0.128. The second kappa shape index (κ2) is 14.8. The molecule has 3 N–H and O–H groups in total. The van der Waals surface area contributed by atoms with Crippen LogP contribution in [0.15, 0.2) is 73.1 Å². The van der Waals surface area contributed by atoms with E-state index in [1.54, 1.807) is 6.20 Å². The average Bonchev–Trinajstić information content (AvgIpc) is 3.38. The van der Waals surface area contributed by atoms with Gasteiger partial charge in [-0.3, -0.25) is 14.5 Å². The third-order valence-corrected chi connectivity index (χ3v) is 8.13. The van der Waals surface area contributed by atoms with Crippen LogP contribution in [-0.4, -0.2) is 80.0 Å². The van der Waals surface area contributed by atoms with Crippen molar-refractivity contribution in [3.05, 3.63) is 84.2 Å². The number of halogens is 1. The Bertz CT molecular complexity index is 1600. The number of nitrogens with zero attached hydrogens (tertiary/aromatic N) is 5. The number of anilines is 3. The van der Waals surface area contributed by atoms with Crippen LogP contribution in [0.4, 0.5) is 21.7 Å². The summed E-state index contributed by atoms with van der Waals surface area (Å²) in [4.78, 5) is 31.1. The van der Waals surface area contributed by atoms with Crippen molar-refractivity contribution in [2.24, 2.45) is 7.05 Å². The van der Waals surface area contributed by atoms with E-state index in [0.717, 1.165) is 67.4 Å². The van der Waals surface area contributed by atoms with Crippen molar-refractivity contribution in [3.63, 3.8) is 0 Å². The number of rotatable bonds is 10. The maximum atomic E-state index is 13.1. The zero-order chi connectivity index (χ0) is 33.5. The number of piperidine rings is 1. The highest BCUT2D eigenvalue weighted by Crippen LogP contribution is 2.31. The number of carbonyl (C=O) groups excluding carboxylic acids is 2. The molecule has 0 saturated carbocycles. The van der Waals surface area contributed by atoms with Gasteiger partial charge in [0.25, 0.3) is 5.91 Å². The van der Waals surface area contributed by atoms with Crippen molar-refractivity contribution < 1.29 is 24.3 Å². The minimum atomic E-state index is -0.821. The Morgan fingerprint density at radius 3 is 2.37 bits per heavy atom. The van der Waals surface area contributed by atoms with Gasteiger partial charge in [-0.15, -0.1) is 0 Å². The van der Waals surface area contributed by atoms with Gasteiger partial charge >= 0.3 is 0 Å². The molecule has 46 heavy (non-hydrogen) atoms. The number of likely N-dealkylation sites (tertiary alicyclic amines) is 1. The molecule has 0 radical (unpaired) electrons. The van der Waals surface area contributed by atoms with E-state index in [2.05, 4.69) is 48.9 Å². The minimum absolute atomic E-state index is 0.0556. The van der Waals surface area contributed by atoms with Gasteiger partial charge in [-0.1, -0.05) is 16.6 Å². The number of amides is 2. The van der Waals surface area contributed by atoms with Gasteiger partial charge in [-0.25, -0.2) is 4.98 Å². The van der Waals surface area contributed by atoms with Crippen LogP contribution >= 0.6 is 0 Å². The maximum Gasteiger partial charge on any atom is 0.256 e. The lowest BCUT2D eigenvalue weighted by Crippen LogP contribution is -2.41. The molecule has 2 amide bonds. The van der Waals surface area contributed by atoms with Crippen molar-refractivity contribution in [1.82, 2.24) is 19.6 Å². The van der Waals surface area contributed by atoms with Crippen LogP contribution in [0.25, 0.3) is 10.9 Å². The predicted molar refractivity (Wildman–Crippen MR) is 180 cm³/mol. The van der Waals surface area contributed by atoms with E-state index in [9.17, 15) is 19.5 Å². The number of carbonyl (C=O) groups is 2. The van der Waals surface area contributed by atoms with Crippen LogP contribution < -0.4 is 10.2 Å². The van der Waals surface area contributed by atoms with Crippen molar-refractivity contribution in [1.29, 1.82) is 0 Å². The monoisotopic (exact) mass is 632 g/mol. The van der Waals surface area contributed by atoms with Crippen molar-refractivity contribution in [3.8, 4) is 0 Å². The minimum Gasteiger partial charge on any atom is -0.390 e. The summed E-state index contributed by atoms with van der Waals surface area (Å²) in [6.45, 7) is 8.65. The molecule has 0 unspecified atom stereocenters. The number of pyridine rings is 1. The summed E-state index contributed by atoms with van der Waals surface area (Å²) in [5.74, 6) is 0.245. The molecule has 10 nitrogen and oxygen atoms in total. The molecule has 4 aromatic rings. The first kappa shape index (κ1) is 34.6. The number of aliphatic hydroxyl groups is 2. The number of hydrogen-bond acceptors (Lipinski definition) is 7. The first-order chi connectivity index (χ1) is 21.7. The molecule has 1 aliphatic rings. The van der Waals surface area contributed by atoms with Crippen molar-refractivity contribution >= 4 is 40.4 Å². The average molecular weight is 633 g/mol. The van der Waals surface area contributed by atoms with Crippen LogP contribution in [0.1, 0.15) is 56.0 Å². The zero-order valence-electron chi connectivity index (χ0n) is 27.3. The number of aromatic nitrogens is 2. The van der Waals surface area contributed by atoms with E-state index >= 15 is 0 Å². The standard InChI is InChI=1S/C33H41N5O3.C2H4FNO/c1-32(2,40)13-20-38(27-9-10-29-26(21-27)12-17-36(29)4)28-11-16-34-30(22-28)35-31(39)25-7-5-24(6-8-25)23-37-18-14-33(3,41)15-19-37;1-4(3)2-5/h5-12,16-17,21-22,40-41H,13-15,18-20,23H2,1-4H3,(H,34,35,39);2H,1H3. The highest BCUT2D eigenvalue weighted by atomic mass is 19.2. The number of hydrogen-bond donors (Lipinski definition) is 3. The van der Waals surface area contributed by atoms with Gasteiger partial charge in [-0.05, 0) is 88.1 Å². The van der Waals surface area contributed by atoms with Crippen LogP contribution in [0, 0.1) is 0 Å². The van der Waals surface area contributed by atoms with Crippen LogP contribution in [0.2, 0.25) is 0 Å². The highest BCUT2D eigenvalue weighted by molar-refractivity contribution is 6.04. The first-order valence-corrected chi connectivity index (χ1v) is 15.4. The SMILES string of the molecule is CN(F)C=O.Cn1ccc2cc(N(CCC(C)(C)O)c3ccnc(NC(=O)c4ccc(CN5CCC(C)(O)CC5)cc4)c3)ccc21. The van der Waals surface area contributed by atoms with E-state index in [1.165, 1.54) is 0 Å². The summed E-state index contributed by atoms with van der Waals surface area (Å²) < 4.78 is 13.0. The molecule has 5 rings (SSSR count). The lowest BCUT2D eigenvalue weighted by Gasteiger charge is -2.35. The Balaban J connectivity index is 0.000000892. The molecule has 3 heterocycles. The maximum absolute atomic E-state index is 13.1. The van der Waals surface area contributed by atoms with Gasteiger partial charge in [0.1, 0.15) is 5.82 Å². The van der Waals surface area contributed by atoms with E-state index in [1.807, 2.05) is 70.4 Å². The zero-order valence-corrected chi connectivity index (χ0v) is 27.3. The fourth-order valence-electron chi connectivity index (χ4n) is 5.29. The van der Waals surface area contributed by atoms with Gasteiger partial charge in [0, 0.05) is 86.6 Å². The Hall–Kier alpha value is -4.32. The molecule has 2 aromatic heterocycles. The molecule has 0 bridgehead atoms. The Kier molecular flexibility index (Phi) is 11.2. The molecule has 0 spiro atoms. The van der Waals surface area contributed by atoms with Gasteiger partial charge in [0.2, 0.25) is 6.41 Å². The van der Waals surface area contributed by atoms with Crippen LogP contribution in [-0.2, 0) is 18.4 Å². The molecular weight excluding hydrogens is 587 g/mol. The van der Waals surface area contributed by atoms with Crippen molar-refractivity contribution in [2.75, 3.05) is 36.9 Å². The Morgan fingerprint density at radius 1 is 1.09 bits per heavy atom. The fourth-order valence-corrected chi connectivity index (χ4v) is 5.29. The molecule has 0 atom stereocenters. The summed E-state index contributed by atoms with van der Waals surface area (Å²) in [7, 11) is 3.05. The van der Waals surface area contributed by atoms with E-state index in [-0.39, 0.29) is 17.4 Å². The van der Waals surface area contributed by atoms with E-state index < -0.39 is 11.2 Å². The van der Waals surface area contributed by atoms with Gasteiger partial charge < -0.3 is 25.0 Å². The number of benzene rings is 2. The number of fused-ring (bicyclic) bond motifs is 1. The molecule has 246 valence electrons. The van der Waals surface area contributed by atoms with Crippen LogP contribution in [0.5, 0.6) is 0 Å². The molecule has 1 fully saturated rings. The third kappa shape index (κ3) is 9.84. The molecular formula is C35H45FN6O4. The van der Waals surface area contributed by atoms with E-state index in [0.29, 0.717) is 24.3 Å². The molecule has 11 heteroatoms. The largest absolute Gasteiger partial charge is 0.390 e. The quantitative estimate of drug-likeness (QED) is 0.158. The molecule has 0 aliphatic carbocycles. The summed E-state index contributed by atoms with van der Waals surface area (Å²) in [6.07, 6.45) is 5.93. The highest BCUT2D eigenvalue weighted by Gasteiger charge is 2.27. The molecule has 1 aliphatic heterocycles. The second-order valence-electron chi connectivity index (χ2n) is 12.8. The first-order valence-electron chi connectivity index (χ1n) is 15.4. The molecule has 1 saturated heterocycles. The van der Waals surface area contributed by atoms with Crippen LogP contribution in [0.3, 0.4) is 0 Å². The Labute approximate surface area is 270 Å². The predicted octanol–water partition coefficient (Wildman–Crippen LogP) is 5.43. The lowest BCUT2D eigenvalue weighted by atomic mass is 9.93. The summed E-state index contributed by atoms with van der Waals surface area (Å²) in [6, 6.07) is 19.9. The normalized spacial score (nSPS) is 14.7. The van der Waals surface area contributed by atoms with Crippen molar-refractivity contribution in [2.45, 2.75) is 57.8 Å². The summed E-state index contributed by atoms with van der Waals surface area (Å²) in [5, 5.41) is 24.7. The van der Waals surface area contributed by atoms with Gasteiger partial charge in [0.05, 0.1) is 11.2 Å². The Morgan fingerprint density at radius 2 is 1.74 bits per heavy atom. The summed E-state index contributed by atoms with van der Waals surface area (Å²) >= 11 is 0. The second-order valence-corrected chi connectivity index (χ2v) is 12.8. The smallest absolute Gasteiger partial charge is 0.256 e. The topological polar surface area (TPSA) is 114 Å². The number of aryl methyl sites for hydroxylation is 1. The molecule has 2 aromatic carbocycles. The summed E-state index contributed by atoms with van der Waals surface area (Å²) in [5.41, 5.74) is 3.35. The van der Waals surface area contributed by atoms with Gasteiger partial charge in [0.15, 0.2) is 0 Å². The number of nitrogens with one attached hydrogen (secondary N) is 1. The third-order valence-electron chi connectivity index (χ3n) is 8.13. The fraction of sp³-hybridized carbons (Fsp3) is 0.400.